The van der Waals surface area contributed by atoms with Gasteiger partial charge in [0.05, 0.1) is 18.7 Å². The fourth-order valence-corrected chi connectivity index (χ4v) is 1.88. The number of hydrogen-bond donors (Lipinski definition) is 0. The average Bonchev–Trinajstić information content (AvgIpc) is 2.47. The van der Waals surface area contributed by atoms with Gasteiger partial charge in [0, 0.05) is 0 Å². The Morgan fingerprint density at radius 1 is 1.16 bits per heavy atom. The maximum Gasteiger partial charge on any atom is 0.177 e. The maximum absolute atomic E-state index is 9.41. The molecule has 1 atom stereocenters. The van der Waals surface area contributed by atoms with E-state index in [9.17, 15) is 10.5 Å². The number of rotatable bonds is 7. The quantitative estimate of drug-likeness (QED) is 0.697. The van der Waals surface area contributed by atoms with E-state index in [1.165, 1.54) is 0 Å². The molecule has 3 heteroatoms. The van der Waals surface area contributed by atoms with Crippen molar-refractivity contribution in [2.24, 2.45) is 5.41 Å². The van der Waals surface area contributed by atoms with Crippen LogP contribution >= 0.6 is 0 Å². The molecule has 0 radical (unpaired) electrons. The second-order valence-electron chi connectivity index (χ2n) is 4.10. The molecule has 0 aliphatic heterocycles. The van der Waals surface area contributed by atoms with E-state index in [-0.39, 0.29) is 13.0 Å². The lowest BCUT2D eigenvalue weighted by atomic mass is 9.78. The summed E-state index contributed by atoms with van der Waals surface area (Å²) >= 11 is 0. The highest BCUT2D eigenvalue weighted by Crippen LogP contribution is 2.39. The minimum atomic E-state index is -1.27. The first-order valence-corrected chi connectivity index (χ1v) is 5.95. The molecule has 0 bridgehead atoms. The minimum absolute atomic E-state index is 0.247. The van der Waals surface area contributed by atoms with Crippen molar-refractivity contribution < 1.29 is 4.74 Å². The van der Waals surface area contributed by atoms with Crippen LogP contribution in [-0.2, 0) is 4.74 Å². The van der Waals surface area contributed by atoms with Crippen molar-refractivity contribution in [2.45, 2.75) is 12.5 Å². The number of hydrogen-bond acceptors (Lipinski definition) is 3. The average molecular weight is 252 g/mol. The van der Waals surface area contributed by atoms with Gasteiger partial charge in [-0.15, -0.1) is 13.2 Å². The number of benzene rings is 1. The highest BCUT2D eigenvalue weighted by Gasteiger charge is 2.40. The van der Waals surface area contributed by atoms with Crippen molar-refractivity contribution in [1.82, 2.24) is 0 Å². The molecule has 19 heavy (non-hydrogen) atoms. The van der Waals surface area contributed by atoms with Crippen LogP contribution in [0.2, 0.25) is 0 Å². The summed E-state index contributed by atoms with van der Waals surface area (Å²) in [5.41, 5.74) is -0.471. The van der Waals surface area contributed by atoms with Crippen LogP contribution in [0.5, 0.6) is 0 Å². The predicted octanol–water partition coefficient (Wildman–Crippen LogP) is 3.54. The zero-order valence-corrected chi connectivity index (χ0v) is 10.7. The molecule has 0 aromatic heterocycles. The third-order valence-electron chi connectivity index (χ3n) is 2.80. The number of nitriles is 2. The Morgan fingerprint density at radius 2 is 1.79 bits per heavy atom. The molecule has 0 heterocycles. The second-order valence-corrected chi connectivity index (χ2v) is 4.10. The lowest BCUT2D eigenvalue weighted by Crippen LogP contribution is -2.27. The van der Waals surface area contributed by atoms with Gasteiger partial charge in [0.15, 0.2) is 5.41 Å². The summed E-state index contributed by atoms with van der Waals surface area (Å²) in [6.07, 6.45) is 2.79. The largest absolute Gasteiger partial charge is 0.367 e. The van der Waals surface area contributed by atoms with Gasteiger partial charge in [-0.3, -0.25) is 0 Å². The van der Waals surface area contributed by atoms with Gasteiger partial charge in [-0.1, -0.05) is 42.5 Å². The van der Waals surface area contributed by atoms with E-state index in [1.807, 2.05) is 30.3 Å². The van der Waals surface area contributed by atoms with Gasteiger partial charge in [0.25, 0.3) is 0 Å². The van der Waals surface area contributed by atoms with Crippen LogP contribution in [0.1, 0.15) is 18.1 Å². The fourth-order valence-electron chi connectivity index (χ4n) is 1.88. The molecule has 0 aliphatic carbocycles. The summed E-state index contributed by atoms with van der Waals surface area (Å²) in [4.78, 5) is 0. The lowest BCUT2D eigenvalue weighted by molar-refractivity contribution is 0.0204. The second kappa shape index (κ2) is 7.16. The van der Waals surface area contributed by atoms with E-state index in [0.29, 0.717) is 0 Å². The van der Waals surface area contributed by atoms with Crippen molar-refractivity contribution in [1.29, 1.82) is 10.5 Å². The van der Waals surface area contributed by atoms with Gasteiger partial charge < -0.3 is 4.74 Å². The number of nitrogens with zero attached hydrogens (tertiary/aromatic N) is 2. The fraction of sp³-hybridized carbons (Fsp3) is 0.250. The van der Waals surface area contributed by atoms with Crippen LogP contribution in [0.3, 0.4) is 0 Å². The first-order chi connectivity index (χ1) is 9.24. The van der Waals surface area contributed by atoms with Crippen molar-refractivity contribution in [3.63, 3.8) is 0 Å². The number of allylic oxidation sites excluding steroid dienone is 1. The first kappa shape index (κ1) is 14.7. The standard InChI is InChI=1S/C16H16N2O/c1-3-10-16(12-17,13-18)15(19-11-4-2)14-8-6-5-7-9-14/h3-9,15H,1-2,10-11H2. The van der Waals surface area contributed by atoms with E-state index >= 15 is 0 Å². The molecule has 1 unspecified atom stereocenters. The molecular formula is C16H16N2O. The molecule has 1 aromatic rings. The topological polar surface area (TPSA) is 56.8 Å². The van der Waals surface area contributed by atoms with E-state index in [2.05, 4.69) is 25.3 Å². The molecule has 1 rings (SSSR count). The Balaban J connectivity index is 3.22. The van der Waals surface area contributed by atoms with Gasteiger partial charge in [0.2, 0.25) is 0 Å². The Bertz CT molecular complexity index is 494. The summed E-state index contributed by atoms with van der Waals surface area (Å²) < 4.78 is 5.67. The normalized spacial score (nSPS) is 11.9. The molecule has 0 fully saturated rings. The van der Waals surface area contributed by atoms with Gasteiger partial charge >= 0.3 is 0 Å². The summed E-state index contributed by atoms with van der Waals surface area (Å²) in [6, 6.07) is 13.4. The monoisotopic (exact) mass is 252 g/mol. The Kier molecular flexibility index (Phi) is 5.54. The molecule has 0 spiro atoms. The van der Waals surface area contributed by atoms with E-state index in [0.717, 1.165) is 5.56 Å². The van der Waals surface area contributed by atoms with Crippen molar-refractivity contribution in [3.05, 3.63) is 61.2 Å². The zero-order valence-electron chi connectivity index (χ0n) is 10.7. The predicted molar refractivity (Wildman–Crippen MR) is 73.8 cm³/mol. The van der Waals surface area contributed by atoms with Crippen LogP contribution in [0, 0.1) is 28.1 Å². The van der Waals surface area contributed by atoms with Crippen LogP contribution in [0.15, 0.2) is 55.6 Å². The summed E-state index contributed by atoms with van der Waals surface area (Å²) in [6.45, 7) is 7.49. The molecular weight excluding hydrogens is 236 g/mol. The van der Waals surface area contributed by atoms with Crippen molar-refractivity contribution >= 4 is 0 Å². The highest BCUT2D eigenvalue weighted by atomic mass is 16.5. The Hall–Kier alpha value is -2.36. The maximum atomic E-state index is 9.41. The molecule has 0 N–H and O–H groups in total. The summed E-state index contributed by atoms with van der Waals surface area (Å²) in [5.74, 6) is 0. The molecule has 0 amide bonds. The van der Waals surface area contributed by atoms with Gasteiger partial charge in [-0.2, -0.15) is 10.5 Å². The number of ether oxygens (including phenoxy) is 1. The van der Waals surface area contributed by atoms with Gasteiger partial charge in [0.1, 0.15) is 6.10 Å². The Morgan fingerprint density at radius 3 is 2.26 bits per heavy atom. The van der Waals surface area contributed by atoms with Crippen LogP contribution < -0.4 is 0 Å². The SMILES string of the molecule is C=CCOC(c1ccccc1)C(C#N)(C#N)CC=C. The molecule has 0 aliphatic rings. The summed E-state index contributed by atoms with van der Waals surface area (Å²) in [5, 5.41) is 18.8. The first-order valence-electron chi connectivity index (χ1n) is 5.95. The molecule has 96 valence electrons. The van der Waals surface area contributed by atoms with E-state index in [4.69, 9.17) is 4.74 Å². The molecule has 0 saturated carbocycles. The third-order valence-corrected chi connectivity index (χ3v) is 2.80. The van der Waals surface area contributed by atoms with Crippen molar-refractivity contribution in [2.75, 3.05) is 6.61 Å². The van der Waals surface area contributed by atoms with Crippen LogP contribution in [0.4, 0.5) is 0 Å². The molecule has 1 aromatic carbocycles. The van der Waals surface area contributed by atoms with Gasteiger partial charge in [-0.05, 0) is 12.0 Å². The third kappa shape index (κ3) is 3.31. The van der Waals surface area contributed by atoms with E-state index in [1.54, 1.807) is 12.2 Å². The highest BCUT2D eigenvalue weighted by molar-refractivity contribution is 5.29. The van der Waals surface area contributed by atoms with Crippen molar-refractivity contribution in [3.8, 4) is 12.1 Å². The Labute approximate surface area is 114 Å². The molecule has 0 saturated heterocycles. The summed E-state index contributed by atoms with van der Waals surface area (Å²) in [7, 11) is 0. The van der Waals surface area contributed by atoms with Crippen LogP contribution in [0.25, 0.3) is 0 Å². The molecule has 3 nitrogen and oxygen atoms in total. The van der Waals surface area contributed by atoms with Gasteiger partial charge in [-0.25, -0.2) is 0 Å². The smallest absolute Gasteiger partial charge is 0.177 e. The lowest BCUT2D eigenvalue weighted by Gasteiger charge is -2.28. The van der Waals surface area contributed by atoms with Crippen LogP contribution in [-0.4, -0.2) is 6.61 Å². The van der Waals surface area contributed by atoms with E-state index < -0.39 is 11.5 Å². The minimum Gasteiger partial charge on any atom is -0.367 e. The zero-order chi connectivity index (χ0) is 14.1.